The molecule has 0 aromatic rings. The molecule has 0 spiro atoms. The van der Waals surface area contributed by atoms with Crippen LogP contribution in [0.25, 0.3) is 0 Å². The summed E-state index contributed by atoms with van der Waals surface area (Å²) in [6, 6.07) is -2.70. The van der Waals surface area contributed by atoms with Crippen molar-refractivity contribution >= 4 is 29.8 Å². The van der Waals surface area contributed by atoms with Gasteiger partial charge in [-0.2, -0.15) is 0 Å². The first-order chi connectivity index (χ1) is 25.5. The van der Waals surface area contributed by atoms with Gasteiger partial charge in [0.15, 0.2) is 11.9 Å². The van der Waals surface area contributed by atoms with Crippen molar-refractivity contribution in [3.05, 3.63) is 23.7 Å². The molecule has 21 heteroatoms. The van der Waals surface area contributed by atoms with Gasteiger partial charge in [-0.3, -0.25) is 4.79 Å². The minimum absolute atomic E-state index is 0. The summed E-state index contributed by atoms with van der Waals surface area (Å²) in [4.78, 5) is 42.9. The number of aliphatic imine (C=N–C) groups is 2. The molecule has 21 nitrogen and oxygen atoms in total. The van der Waals surface area contributed by atoms with Gasteiger partial charge in [-0.1, -0.05) is 13.8 Å². The number of aliphatic hydroxyl groups excluding tert-OH is 3. The lowest BCUT2D eigenvalue weighted by atomic mass is 9.89. The van der Waals surface area contributed by atoms with E-state index in [2.05, 4.69) is 32.9 Å². The third-order valence-corrected chi connectivity index (χ3v) is 8.75. The molecule has 2 aliphatic rings. The predicted molar refractivity (Wildman–Crippen MR) is 198 cm³/mol. The lowest BCUT2D eigenvalue weighted by molar-refractivity contribution is -0.144. The summed E-state index contributed by atoms with van der Waals surface area (Å²) in [6.45, 7) is 7.97. The highest BCUT2D eigenvalue weighted by Gasteiger charge is 2.44. The minimum Gasteiger partial charge on any atom is -0.483 e. The third-order valence-electron chi connectivity index (χ3n) is 8.75. The molecule has 0 radical (unpaired) electrons. The first-order valence-corrected chi connectivity index (χ1v) is 17.8. The van der Waals surface area contributed by atoms with Crippen LogP contribution in [-0.2, 0) is 33.3 Å². The molecule has 54 heavy (non-hydrogen) atoms. The van der Waals surface area contributed by atoms with E-state index in [-0.39, 0.29) is 44.5 Å². The minimum atomic E-state index is -1.62. The van der Waals surface area contributed by atoms with E-state index in [4.69, 9.17) is 41.9 Å². The Balaban J connectivity index is 0.0000151. The van der Waals surface area contributed by atoms with E-state index in [1.807, 2.05) is 6.92 Å². The molecule has 0 aromatic carbocycles. The van der Waals surface area contributed by atoms with E-state index < -0.39 is 72.3 Å². The fourth-order valence-corrected chi connectivity index (χ4v) is 5.77. The molecule has 1 amide bonds. The second-order valence-corrected chi connectivity index (χ2v) is 13.3. The Hall–Kier alpha value is -4.25. The highest BCUT2D eigenvalue weighted by atomic mass is 16.5. The zero-order valence-electron chi connectivity index (χ0n) is 31.0. The number of hydrogen-bond donors (Lipinski definition) is 12. The van der Waals surface area contributed by atoms with Gasteiger partial charge < -0.3 is 83.4 Å². The molecule has 1 unspecified atom stereocenters. The smallest absolute Gasteiger partial charge is 0.370 e. The Morgan fingerprint density at radius 2 is 1.37 bits per heavy atom. The molecule has 2 heterocycles. The molecule has 0 saturated carbocycles. The summed E-state index contributed by atoms with van der Waals surface area (Å²) in [5, 5.41) is 59.5. The summed E-state index contributed by atoms with van der Waals surface area (Å²) in [6.07, 6.45) is -1.53. The maximum atomic E-state index is 11.8. The van der Waals surface area contributed by atoms with E-state index in [9.17, 15) is 39.9 Å². The van der Waals surface area contributed by atoms with Crippen LogP contribution >= 0.6 is 0 Å². The molecule has 2 rings (SSSR count). The Morgan fingerprint density at radius 1 is 0.852 bits per heavy atom. The van der Waals surface area contributed by atoms with Crippen LogP contribution in [0.4, 0.5) is 0 Å². The number of nitrogens with one attached hydrogen (secondary N) is 3. The predicted octanol–water partition coefficient (Wildman–Crippen LogP) is -3.51. The average Bonchev–Trinajstić information content (AvgIpc) is 3.08. The van der Waals surface area contributed by atoms with Crippen molar-refractivity contribution in [1.82, 2.24) is 16.0 Å². The Morgan fingerprint density at radius 3 is 1.91 bits per heavy atom. The second kappa shape index (κ2) is 23.5. The fourth-order valence-electron chi connectivity index (χ4n) is 5.77. The van der Waals surface area contributed by atoms with Crippen molar-refractivity contribution < 1.29 is 60.3 Å². The second-order valence-electron chi connectivity index (χ2n) is 13.3. The number of nitrogens with zero attached hydrogens (tertiary/aromatic N) is 2. The van der Waals surface area contributed by atoms with Crippen molar-refractivity contribution in [3.8, 4) is 0 Å². The quantitative estimate of drug-likeness (QED) is 0.0243. The fraction of sp³-hybridized carbons (Fsp3) is 0.727. The molecule has 0 fully saturated rings. The van der Waals surface area contributed by atoms with Crippen LogP contribution < -0.4 is 38.9 Å². The maximum absolute atomic E-state index is 11.8. The molecular weight excluding hydrogens is 714 g/mol. The maximum Gasteiger partial charge on any atom is 0.370 e. The molecule has 310 valence electrons. The van der Waals surface area contributed by atoms with Gasteiger partial charge in [-0.05, 0) is 30.9 Å². The van der Waals surface area contributed by atoms with Crippen LogP contribution in [0.3, 0.4) is 0 Å². The monoisotopic (exact) mass is 777 g/mol. The van der Waals surface area contributed by atoms with Gasteiger partial charge in [0, 0.05) is 60.1 Å². The van der Waals surface area contributed by atoms with Gasteiger partial charge in [0.05, 0.1) is 43.5 Å². The van der Waals surface area contributed by atoms with Crippen molar-refractivity contribution in [2.75, 3.05) is 52.6 Å². The van der Waals surface area contributed by atoms with Crippen molar-refractivity contribution in [2.24, 2.45) is 44.8 Å². The van der Waals surface area contributed by atoms with E-state index in [1.165, 1.54) is 13.0 Å². The topological polar surface area (TPSA) is 354 Å². The standard InChI is InChI=1S/C33H59N9O12.H2/c1-17(4-8-51-10-6-38-15-20(44)12-24-18(2)21(41-32(34)35)13-25(53-24)30(47)48)5-9-52-11-7-39-16-23(45)28(46)29-27(40-19(3)43)22(42-33(36)37)14-26(54-29)31(49)50;/h13-14,17-18,20-24,27-29,38-39,44-46H,4-12,15-16H2,1-3H3,(H,40,43)(H,47,48)(H,49,50)(H4,34,35,41)(H4,36,37,42);1H/t17?,18-,20+,21+,22+,23-,24+,27-,28-,29-;/m1./s1/i;1+2. The lowest BCUT2D eigenvalue weighted by Crippen LogP contribution is -2.60. The zero-order chi connectivity index (χ0) is 40.4. The van der Waals surface area contributed by atoms with Crippen LogP contribution in [0.1, 0.15) is 41.5 Å². The van der Waals surface area contributed by atoms with E-state index in [0.29, 0.717) is 45.4 Å². The van der Waals surface area contributed by atoms with Gasteiger partial charge >= 0.3 is 11.9 Å². The number of nitrogens with two attached hydrogens (primary N) is 4. The largest absolute Gasteiger partial charge is 0.483 e. The Labute approximate surface area is 315 Å². The molecule has 0 bridgehead atoms. The number of ether oxygens (including phenoxy) is 4. The number of carbonyl (C=O) groups excluding carboxylic acids is 1. The van der Waals surface area contributed by atoms with Gasteiger partial charge in [0.2, 0.25) is 17.4 Å². The molecular formula is C33H61N9O12. The molecule has 0 aliphatic carbocycles. The Kier molecular flexibility index (Phi) is 20.0. The first-order valence-electron chi connectivity index (χ1n) is 17.8. The van der Waals surface area contributed by atoms with Crippen LogP contribution in [-0.4, -0.2) is 157 Å². The number of aliphatic hydroxyl groups is 3. The average molecular weight is 778 g/mol. The SMILES string of the molecule is CC(=O)N[C@H]1[C@H]([C@H](O)[C@H](O)CNCCOCCC(C)CCOCCNC[C@@H](O)C[C@@H]2OC(C(=O)O)=C[C@H](N=C(N)N)[C@H]2C)OC(C(=O)O)=C[C@@H]1N=C(N)N.[3HH]. The van der Waals surface area contributed by atoms with E-state index in [1.54, 1.807) is 0 Å². The highest BCUT2D eigenvalue weighted by Crippen LogP contribution is 2.29. The van der Waals surface area contributed by atoms with Crippen LogP contribution in [0.2, 0.25) is 0 Å². The number of aliphatic carboxylic acids is 2. The van der Waals surface area contributed by atoms with Crippen LogP contribution in [0.15, 0.2) is 33.7 Å². The van der Waals surface area contributed by atoms with Crippen molar-refractivity contribution in [2.45, 2.75) is 88.7 Å². The first kappa shape index (κ1) is 45.9. The number of carboxylic acids is 2. The highest BCUT2D eigenvalue weighted by molar-refractivity contribution is 5.85. The molecule has 0 aromatic heterocycles. The van der Waals surface area contributed by atoms with Gasteiger partial charge in [-0.15, -0.1) is 0 Å². The Bertz CT molecular complexity index is 1330. The number of carboxylic acid groups (broad SMARTS) is 2. The molecule has 10 atom stereocenters. The zero-order valence-corrected chi connectivity index (χ0v) is 31.0. The third kappa shape index (κ3) is 16.4. The number of amides is 1. The summed E-state index contributed by atoms with van der Waals surface area (Å²) >= 11 is 0. The summed E-state index contributed by atoms with van der Waals surface area (Å²) in [7, 11) is 0. The summed E-state index contributed by atoms with van der Waals surface area (Å²) < 4.78 is 22.4. The van der Waals surface area contributed by atoms with Crippen molar-refractivity contribution in [3.63, 3.8) is 0 Å². The normalized spacial score (nSPS) is 24.6. The van der Waals surface area contributed by atoms with Gasteiger partial charge in [-0.25, -0.2) is 19.6 Å². The summed E-state index contributed by atoms with van der Waals surface area (Å²) in [5.74, 6) is -4.42. The molecule has 16 N–H and O–H groups in total. The number of hydrogen-bond acceptors (Lipinski definition) is 14. The van der Waals surface area contributed by atoms with Crippen LogP contribution in [0, 0.1) is 11.8 Å². The summed E-state index contributed by atoms with van der Waals surface area (Å²) in [5.41, 5.74) is 21.9. The number of rotatable bonds is 25. The van der Waals surface area contributed by atoms with Crippen LogP contribution in [0.5, 0.6) is 0 Å². The lowest BCUT2D eigenvalue weighted by Gasteiger charge is -2.38. The van der Waals surface area contributed by atoms with Gasteiger partial charge in [0.25, 0.3) is 0 Å². The number of guanidine groups is 2. The molecule has 0 saturated heterocycles. The van der Waals surface area contributed by atoms with Crippen molar-refractivity contribution in [1.29, 1.82) is 0 Å². The number of carbonyl (C=O) groups is 3. The van der Waals surface area contributed by atoms with E-state index >= 15 is 0 Å². The van der Waals surface area contributed by atoms with E-state index in [0.717, 1.165) is 18.9 Å². The van der Waals surface area contributed by atoms with Gasteiger partial charge in [0.1, 0.15) is 18.3 Å². The molecule has 2 aliphatic heterocycles.